The molecular formula is C13H18N4O8. The normalized spacial score (nSPS) is 25.7. The van der Waals surface area contributed by atoms with Crippen LogP contribution >= 0.6 is 0 Å². The third kappa shape index (κ3) is 3.93. The van der Waals surface area contributed by atoms with Gasteiger partial charge in [0.2, 0.25) is 5.91 Å². The number of hydrogen-bond acceptors (Lipinski definition) is 9. The number of hydrogen-bond donors (Lipinski definition) is 6. The fourth-order valence-electron chi connectivity index (χ4n) is 2.33. The second-order valence-corrected chi connectivity index (χ2v) is 5.39. The van der Waals surface area contributed by atoms with Crippen molar-refractivity contribution in [3.05, 3.63) is 12.0 Å². The summed E-state index contributed by atoms with van der Waals surface area (Å²) in [6.07, 6.45) is -4.73. The molecule has 138 valence electrons. The van der Waals surface area contributed by atoms with Gasteiger partial charge in [0.05, 0.1) is 19.4 Å². The molecule has 1 aliphatic rings. The molecule has 1 aromatic heterocycles. The lowest BCUT2D eigenvalue weighted by Gasteiger charge is -2.17. The molecule has 0 radical (unpaired) electrons. The standard InChI is InChI=1S/C13H18N4O8/c14-11-8(12(24)16-6(19)1-2-7(20)21)15-4-17(11)13-10(23)9(22)5(3-18)25-13/h4-5,9-10,13,18,22-23H,1-3,14H2,(H,20,21)(H,16,19,24)/t5-,9-,10+,13+/m1/s1. The van der Waals surface area contributed by atoms with Gasteiger partial charge in [-0.1, -0.05) is 0 Å². The van der Waals surface area contributed by atoms with Crippen LogP contribution < -0.4 is 11.1 Å². The van der Waals surface area contributed by atoms with E-state index in [4.69, 9.17) is 20.7 Å². The van der Waals surface area contributed by atoms with Gasteiger partial charge in [-0.3, -0.25) is 24.3 Å². The summed E-state index contributed by atoms with van der Waals surface area (Å²) in [5.74, 6) is -3.18. The van der Waals surface area contributed by atoms with Crippen LogP contribution in [0.5, 0.6) is 0 Å². The van der Waals surface area contributed by atoms with Crippen LogP contribution in [0.2, 0.25) is 0 Å². The Labute approximate surface area is 140 Å². The Kier molecular flexibility index (Phi) is 5.69. The Balaban J connectivity index is 2.09. The Morgan fingerprint density at radius 3 is 2.52 bits per heavy atom. The highest BCUT2D eigenvalue weighted by molar-refractivity contribution is 6.06. The number of aliphatic hydroxyl groups is 3. The number of amides is 2. The Bertz CT molecular complexity index is 675. The van der Waals surface area contributed by atoms with Crippen LogP contribution in [0.4, 0.5) is 5.82 Å². The summed E-state index contributed by atoms with van der Waals surface area (Å²) in [5, 5.41) is 39.2. The molecule has 0 spiro atoms. The van der Waals surface area contributed by atoms with Crippen LogP contribution in [0.3, 0.4) is 0 Å². The molecule has 1 fully saturated rings. The number of aliphatic carboxylic acids is 1. The fraction of sp³-hybridized carbons (Fsp3) is 0.538. The largest absolute Gasteiger partial charge is 0.481 e. The highest BCUT2D eigenvalue weighted by atomic mass is 16.6. The predicted molar refractivity (Wildman–Crippen MR) is 79.0 cm³/mol. The van der Waals surface area contributed by atoms with Crippen LogP contribution in [0.15, 0.2) is 6.33 Å². The minimum Gasteiger partial charge on any atom is -0.481 e. The predicted octanol–water partition coefficient (Wildman–Crippen LogP) is -2.80. The van der Waals surface area contributed by atoms with Gasteiger partial charge in [-0.15, -0.1) is 0 Å². The van der Waals surface area contributed by atoms with Gasteiger partial charge in [0, 0.05) is 6.42 Å². The van der Waals surface area contributed by atoms with Crippen molar-refractivity contribution >= 4 is 23.6 Å². The molecule has 25 heavy (non-hydrogen) atoms. The molecule has 2 heterocycles. The monoisotopic (exact) mass is 358 g/mol. The second-order valence-electron chi connectivity index (χ2n) is 5.39. The van der Waals surface area contributed by atoms with Gasteiger partial charge in [-0.25, -0.2) is 4.98 Å². The number of carbonyl (C=O) groups excluding carboxylic acids is 2. The molecule has 12 heteroatoms. The van der Waals surface area contributed by atoms with Crippen LogP contribution in [-0.4, -0.2) is 72.7 Å². The van der Waals surface area contributed by atoms with Crippen LogP contribution in [-0.2, 0) is 14.3 Å². The Hall–Kier alpha value is -2.54. The van der Waals surface area contributed by atoms with Crippen LogP contribution in [0, 0.1) is 0 Å². The van der Waals surface area contributed by atoms with Crippen molar-refractivity contribution in [2.24, 2.45) is 0 Å². The van der Waals surface area contributed by atoms with E-state index < -0.39 is 61.8 Å². The zero-order chi connectivity index (χ0) is 18.7. The Morgan fingerprint density at radius 1 is 1.28 bits per heavy atom. The quantitative estimate of drug-likeness (QED) is 0.309. The molecule has 0 bridgehead atoms. The SMILES string of the molecule is Nc1c(C(=O)NC(=O)CCC(=O)O)ncn1[C@H]1O[C@H](CO)[C@@H](O)[C@@H]1O. The van der Waals surface area contributed by atoms with Gasteiger partial charge >= 0.3 is 5.97 Å². The summed E-state index contributed by atoms with van der Waals surface area (Å²) in [7, 11) is 0. The van der Waals surface area contributed by atoms with Crippen molar-refractivity contribution in [2.75, 3.05) is 12.3 Å². The number of nitrogen functional groups attached to an aromatic ring is 1. The number of anilines is 1. The zero-order valence-corrected chi connectivity index (χ0v) is 12.9. The van der Waals surface area contributed by atoms with E-state index in [2.05, 4.69) is 4.98 Å². The zero-order valence-electron chi connectivity index (χ0n) is 12.9. The second kappa shape index (κ2) is 7.57. The average molecular weight is 358 g/mol. The molecule has 0 unspecified atom stereocenters. The summed E-state index contributed by atoms with van der Waals surface area (Å²) in [4.78, 5) is 37.6. The van der Waals surface area contributed by atoms with E-state index in [1.165, 1.54) is 0 Å². The van der Waals surface area contributed by atoms with E-state index in [9.17, 15) is 24.6 Å². The fourth-order valence-corrected chi connectivity index (χ4v) is 2.33. The number of ether oxygens (including phenoxy) is 1. The molecule has 12 nitrogen and oxygen atoms in total. The van der Waals surface area contributed by atoms with Crippen molar-refractivity contribution in [3.63, 3.8) is 0 Å². The number of nitrogens with zero attached hydrogens (tertiary/aromatic N) is 2. The van der Waals surface area contributed by atoms with Crippen molar-refractivity contribution in [1.82, 2.24) is 14.9 Å². The van der Waals surface area contributed by atoms with Gasteiger partial charge in [-0.05, 0) is 0 Å². The summed E-state index contributed by atoms with van der Waals surface area (Å²) in [5.41, 5.74) is 5.44. The molecule has 1 saturated heterocycles. The third-order valence-electron chi connectivity index (χ3n) is 3.66. The summed E-state index contributed by atoms with van der Waals surface area (Å²) in [6.45, 7) is -0.533. The number of aromatic nitrogens is 2. The van der Waals surface area contributed by atoms with Crippen LogP contribution in [0.25, 0.3) is 0 Å². The minimum atomic E-state index is -1.42. The third-order valence-corrected chi connectivity index (χ3v) is 3.66. The minimum absolute atomic E-state index is 0.238. The van der Waals surface area contributed by atoms with E-state index in [1.54, 1.807) is 0 Å². The maximum Gasteiger partial charge on any atom is 0.303 e. The van der Waals surface area contributed by atoms with Gasteiger partial charge in [-0.2, -0.15) is 0 Å². The summed E-state index contributed by atoms with van der Waals surface area (Å²) in [6, 6.07) is 0. The van der Waals surface area contributed by atoms with E-state index in [0.29, 0.717) is 0 Å². The number of carbonyl (C=O) groups is 3. The lowest BCUT2D eigenvalue weighted by Crippen LogP contribution is -2.33. The number of nitrogens with two attached hydrogens (primary N) is 1. The van der Waals surface area contributed by atoms with Crippen LogP contribution in [0.1, 0.15) is 29.6 Å². The first kappa shape index (κ1) is 18.8. The van der Waals surface area contributed by atoms with Crippen molar-refractivity contribution in [1.29, 1.82) is 0 Å². The van der Waals surface area contributed by atoms with E-state index in [0.717, 1.165) is 10.9 Å². The Morgan fingerprint density at radius 2 is 1.96 bits per heavy atom. The first-order valence-corrected chi connectivity index (χ1v) is 7.27. The molecular weight excluding hydrogens is 340 g/mol. The number of rotatable bonds is 6. The molecule has 0 saturated carbocycles. The van der Waals surface area contributed by atoms with E-state index in [-0.39, 0.29) is 11.5 Å². The van der Waals surface area contributed by atoms with Crippen molar-refractivity contribution < 1.29 is 39.5 Å². The van der Waals surface area contributed by atoms with Gasteiger partial charge in [0.1, 0.15) is 24.1 Å². The lowest BCUT2D eigenvalue weighted by molar-refractivity contribution is -0.138. The first-order chi connectivity index (χ1) is 11.8. The van der Waals surface area contributed by atoms with Gasteiger partial charge in [0.15, 0.2) is 11.9 Å². The van der Waals surface area contributed by atoms with Gasteiger partial charge < -0.3 is 30.9 Å². The van der Waals surface area contributed by atoms with Crippen molar-refractivity contribution in [2.45, 2.75) is 37.4 Å². The molecule has 7 N–H and O–H groups in total. The number of aliphatic hydroxyl groups excluding tert-OH is 3. The molecule has 1 aromatic rings. The molecule has 0 aromatic carbocycles. The average Bonchev–Trinajstić information content (AvgIpc) is 3.06. The maximum absolute atomic E-state index is 12.0. The summed E-state index contributed by atoms with van der Waals surface area (Å²) < 4.78 is 6.35. The number of nitrogens with one attached hydrogen (secondary N) is 1. The topological polar surface area (TPSA) is 197 Å². The highest BCUT2D eigenvalue weighted by Gasteiger charge is 2.44. The number of imidazole rings is 1. The molecule has 2 rings (SSSR count). The molecule has 0 aliphatic carbocycles. The first-order valence-electron chi connectivity index (χ1n) is 7.27. The smallest absolute Gasteiger partial charge is 0.303 e. The molecule has 1 aliphatic heterocycles. The lowest BCUT2D eigenvalue weighted by atomic mass is 10.1. The molecule has 4 atom stereocenters. The number of imide groups is 1. The van der Waals surface area contributed by atoms with E-state index in [1.807, 2.05) is 5.32 Å². The van der Waals surface area contributed by atoms with Gasteiger partial charge in [0.25, 0.3) is 5.91 Å². The highest BCUT2D eigenvalue weighted by Crippen LogP contribution is 2.31. The van der Waals surface area contributed by atoms with Crippen molar-refractivity contribution in [3.8, 4) is 0 Å². The summed E-state index contributed by atoms with van der Waals surface area (Å²) >= 11 is 0. The number of carboxylic acid groups (broad SMARTS) is 1. The maximum atomic E-state index is 12.0. The number of carboxylic acids is 1. The molecule has 2 amide bonds. The van der Waals surface area contributed by atoms with E-state index >= 15 is 0 Å².